The van der Waals surface area contributed by atoms with E-state index in [9.17, 15) is 34.8 Å². The Bertz CT molecular complexity index is 2350. The molecule has 0 saturated heterocycles. The molecule has 3 heterocycles. The summed E-state index contributed by atoms with van der Waals surface area (Å²) < 4.78 is 23.8. The van der Waals surface area contributed by atoms with Crippen molar-refractivity contribution in [2.24, 2.45) is 23.7 Å². The van der Waals surface area contributed by atoms with Crippen LogP contribution in [0.15, 0.2) is 66.5 Å². The van der Waals surface area contributed by atoms with Crippen LogP contribution in [0.2, 0.25) is 0 Å². The molecule has 0 fully saturated rings. The zero-order chi connectivity index (χ0) is 42.4. The summed E-state index contributed by atoms with van der Waals surface area (Å²) in [5, 5.41) is 49.2. The van der Waals surface area contributed by atoms with Crippen molar-refractivity contribution >= 4 is 45.2 Å². The van der Waals surface area contributed by atoms with E-state index >= 15 is 0 Å². The molecular weight excluding hydrogens is 746 g/mol. The van der Waals surface area contributed by atoms with Gasteiger partial charge in [-0.05, 0) is 19.9 Å². The van der Waals surface area contributed by atoms with Crippen LogP contribution in [0.1, 0.15) is 64.4 Å². The van der Waals surface area contributed by atoms with E-state index in [0.29, 0.717) is 11.4 Å². The Morgan fingerprint density at radius 2 is 1.62 bits per heavy atom. The number of esters is 1. The lowest BCUT2D eigenvalue weighted by Gasteiger charge is -2.38. The third-order valence-corrected chi connectivity index (χ3v) is 11.5. The summed E-state index contributed by atoms with van der Waals surface area (Å²) in [5.41, 5.74) is 1.31. The van der Waals surface area contributed by atoms with Crippen LogP contribution in [-0.2, 0) is 23.8 Å². The van der Waals surface area contributed by atoms with Gasteiger partial charge in [-0.25, -0.2) is 4.98 Å². The van der Waals surface area contributed by atoms with Gasteiger partial charge in [0.2, 0.25) is 0 Å². The maximum Gasteiger partial charge on any atom is 0.312 e. The molecule has 308 valence electrons. The fraction of sp³-hybridized carbons (Fsp3) is 0.409. The van der Waals surface area contributed by atoms with Gasteiger partial charge >= 0.3 is 11.8 Å². The Hall–Kier alpha value is -5.70. The van der Waals surface area contributed by atoms with Gasteiger partial charge in [0.05, 0.1) is 41.0 Å². The number of phenols is 2. The average Bonchev–Trinajstić information content (AvgIpc) is 3.76. The van der Waals surface area contributed by atoms with E-state index in [1.165, 1.54) is 40.2 Å². The van der Waals surface area contributed by atoms with Gasteiger partial charge in [-0.3, -0.25) is 14.4 Å². The third kappa shape index (κ3) is 7.43. The zero-order valence-electron chi connectivity index (χ0n) is 34.0. The summed E-state index contributed by atoms with van der Waals surface area (Å²) in [5.74, 6) is -6.70. The Balaban J connectivity index is 1.56. The van der Waals surface area contributed by atoms with Gasteiger partial charge < -0.3 is 49.7 Å². The van der Waals surface area contributed by atoms with Gasteiger partial charge in [-0.2, -0.15) is 0 Å². The number of nitrogens with one attached hydrogen (secondary N) is 2. The van der Waals surface area contributed by atoms with Crippen molar-refractivity contribution in [3.63, 3.8) is 0 Å². The summed E-state index contributed by atoms with van der Waals surface area (Å²) in [6.45, 7) is 12.8. The Labute approximate surface area is 336 Å². The number of allylic oxidation sites excluding steroid dienone is 2. The number of benzene rings is 3. The molecule has 14 heteroatoms. The number of rotatable bonds is 3. The van der Waals surface area contributed by atoms with E-state index in [1.807, 2.05) is 30.3 Å². The van der Waals surface area contributed by atoms with Crippen LogP contribution >= 0.6 is 0 Å². The lowest BCUT2D eigenvalue weighted by atomic mass is 9.78. The summed E-state index contributed by atoms with van der Waals surface area (Å²) in [4.78, 5) is 48.7. The fourth-order valence-electron chi connectivity index (χ4n) is 7.95. The molecule has 1 amide bonds. The second kappa shape index (κ2) is 16.3. The lowest BCUT2D eigenvalue weighted by molar-refractivity contribution is -0.160. The van der Waals surface area contributed by atoms with Gasteiger partial charge in [-0.1, -0.05) is 76.3 Å². The summed E-state index contributed by atoms with van der Waals surface area (Å²) in [6, 6.07) is 9.12. The van der Waals surface area contributed by atoms with Crippen molar-refractivity contribution in [2.75, 3.05) is 12.4 Å². The number of phenolic OH excluding ortho intramolecular Hbond substituents is 2. The number of fused-ring (bicyclic) bond motifs is 1. The highest BCUT2D eigenvalue weighted by molar-refractivity contribution is 6.28. The number of imidazole rings is 1. The third-order valence-electron chi connectivity index (χ3n) is 11.5. The quantitative estimate of drug-likeness (QED) is 0.0958. The highest BCUT2D eigenvalue weighted by Gasteiger charge is 2.49. The zero-order valence-corrected chi connectivity index (χ0v) is 34.0. The summed E-state index contributed by atoms with van der Waals surface area (Å²) in [6.07, 6.45) is 3.84. The molecule has 9 unspecified atom stereocenters. The van der Waals surface area contributed by atoms with Crippen molar-refractivity contribution in [1.29, 1.82) is 0 Å². The normalized spacial score (nSPS) is 30.4. The molecule has 6 N–H and O–H groups in total. The largest absolute Gasteiger partial charge is 0.507 e. The predicted octanol–water partition coefficient (Wildman–Crippen LogP) is 6.59. The first-order chi connectivity index (χ1) is 27.4. The standard InChI is InChI=1S/C44H51N3O11/c1-20-14-13-15-21(2)43(54)47-34-33-32(45-42(46-33)27-16-11-10-12-17-27)29-30(38(34)52)37(51)25(6)40-31(29)41(53)44(8,58-40)56-19-18-28(55-9)22(3)39(57-26(7)48)24(5)36(50)23(4)35(20)49/h10-20,22-24,28,35-36,39,49-52H,1-9H3,(H,45,46)(H,47,54)/b14-13+,19-18-,21-15+. The number of nitrogens with zero attached hydrogens (tertiary/aromatic N) is 1. The molecular formula is C44H51N3O11. The van der Waals surface area contributed by atoms with E-state index < -0.39 is 83.0 Å². The Morgan fingerprint density at radius 3 is 2.28 bits per heavy atom. The topological polar surface area (TPSA) is 210 Å². The van der Waals surface area contributed by atoms with E-state index in [0.717, 1.165) is 0 Å². The number of anilines is 1. The maximum atomic E-state index is 14.6. The van der Waals surface area contributed by atoms with Crippen LogP contribution in [0.25, 0.3) is 33.2 Å². The number of hydrogen-bond donors (Lipinski definition) is 6. The molecule has 1 aromatic heterocycles. The van der Waals surface area contributed by atoms with Crippen LogP contribution in [0, 0.1) is 30.6 Å². The molecule has 0 spiro atoms. The number of ether oxygens (including phenoxy) is 4. The lowest BCUT2D eigenvalue weighted by Crippen LogP contribution is -2.46. The number of aromatic hydroxyl groups is 2. The molecule has 4 bridgehead atoms. The molecule has 0 aliphatic carbocycles. The summed E-state index contributed by atoms with van der Waals surface area (Å²) in [7, 11) is 1.46. The first kappa shape index (κ1) is 41.9. The van der Waals surface area contributed by atoms with Crippen LogP contribution in [-0.4, -0.2) is 85.4 Å². The first-order valence-electron chi connectivity index (χ1n) is 19.2. The Kier molecular flexibility index (Phi) is 11.8. The van der Waals surface area contributed by atoms with Crippen molar-refractivity contribution < 1.29 is 53.8 Å². The first-order valence-corrected chi connectivity index (χ1v) is 19.2. The van der Waals surface area contributed by atoms with Crippen molar-refractivity contribution in [2.45, 2.75) is 85.6 Å². The van der Waals surface area contributed by atoms with Gasteiger partial charge in [0.1, 0.15) is 34.6 Å². The van der Waals surface area contributed by atoms with E-state index in [-0.39, 0.29) is 49.9 Å². The smallest absolute Gasteiger partial charge is 0.312 e. The second-order valence-corrected chi connectivity index (χ2v) is 15.5. The average molecular weight is 798 g/mol. The van der Waals surface area contributed by atoms with Crippen LogP contribution in [0.4, 0.5) is 5.69 Å². The molecule has 2 aliphatic heterocycles. The number of ketones is 1. The number of H-pyrrole nitrogens is 1. The SMILES string of the molecule is COC1/C=C\OC2(C)Oc3c(C)c(O)c4c(O)c(c5[nH]c(-c6ccccc6)nc5c4c3C2=O)NC(=O)/C(C)=C/C=C/C(C)C(O)C(C)C(O)C(C)C(OC(C)=O)C1C. The molecule has 58 heavy (non-hydrogen) atoms. The van der Waals surface area contributed by atoms with Crippen molar-refractivity contribution in [3.8, 4) is 28.6 Å². The van der Waals surface area contributed by atoms with Gasteiger partial charge in [0.25, 0.3) is 11.7 Å². The van der Waals surface area contributed by atoms with E-state index in [1.54, 1.807) is 52.8 Å². The van der Waals surface area contributed by atoms with Crippen molar-refractivity contribution in [3.05, 3.63) is 77.6 Å². The number of methoxy groups -OCH3 is 1. The number of aromatic nitrogens is 2. The second-order valence-electron chi connectivity index (χ2n) is 15.5. The molecule has 6 rings (SSSR count). The molecule has 2 aliphatic rings. The number of amides is 1. The minimum absolute atomic E-state index is 0.000907. The summed E-state index contributed by atoms with van der Waals surface area (Å²) >= 11 is 0. The van der Waals surface area contributed by atoms with Crippen LogP contribution < -0.4 is 10.1 Å². The monoisotopic (exact) mass is 797 g/mol. The number of aromatic amines is 1. The van der Waals surface area contributed by atoms with Gasteiger partial charge in [0, 0.05) is 66.7 Å². The number of carbonyl (C=O) groups excluding carboxylic acids is 3. The van der Waals surface area contributed by atoms with Crippen LogP contribution in [0.3, 0.4) is 0 Å². The number of aliphatic hydroxyl groups is 2. The number of carbonyl (C=O) groups is 3. The Morgan fingerprint density at radius 1 is 0.931 bits per heavy atom. The highest BCUT2D eigenvalue weighted by atomic mass is 16.7. The number of hydrogen-bond acceptors (Lipinski definition) is 12. The minimum Gasteiger partial charge on any atom is -0.507 e. The van der Waals surface area contributed by atoms with Crippen LogP contribution in [0.5, 0.6) is 17.2 Å². The van der Waals surface area contributed by atoms with E-state index in [2.05, 4.69) is 10.3 Å². The van der Waals surface area contributed by atoms with Gasteiger partial charge in [-0.15, -0.1) is 0 Å². The molecule has 9 atom stereocenters. The fourth-order valence-corrected chi connectivity index (χ4v) is 7.95. The minimum atomic E-state index is -1.97. The van der Waals surface area contributed by atoms with E-state index in [4.69, 9.17) is 23.9 Å². The molecule has 14 nitrogen and oxygen atoms in total. The molecule has 3 aromatic carbocycles. The van der Waals surface area contributed by atoms with Gasteiger partial charge in [0.15, 0.2) is 5.75 Å². The molecule has 4 aromatic rings. The number of Topliss-reactive ketones (excluding diaryl/α,β-unsaturated/α-hetero) is 1. The molecule has 0 saturated carbocycles. The maximum absolute atomic E-state index is 14.6. The highest BCUT2D eigenvalue weighted by Crippen LogP contribution is 2.54. The molecule has 0 radical (unpaired) electrons. The predicted molar refractivity (Wildman–Crippen MR) is 217 cm³/mol. The number of aliphatic hydroxyl groups excluding tert-OH is 2. The van der Waals surface area contributed by atoms with Crippen molar-refractivity contribution in [1.82, 2.24) is 9.97 Å².